The van der Waals surface area contributed by atoms with Crippen LogP contribution in [-0.2, 0) is 5.54 Å². The molecule has 0 saturated heterocycles. The van der Waals surface area contributed by atoms with E-state index in [2.05, 4.69) is 30.2 Å². The Morgan fingerprint density at radius 1 is 1.28 bits per heavy atom. The maximum absolute atomic E-state index is 8.80. The fourth-order valence-electron chi connectivity index (χ4n) is 1.79. The average Bonchev–Trinajstić information content (AvgIpc) is 2.89. The minimum atomic E-state index is -0.162. The van der Waals surface area contributed by atoms with E-state index in [1.165, 1.54) is 0 Å². The van der Waals surface area contributed by atoms with Crippen LogP contribution in [-0.4, -0.2) is 16.6 Å². The van der Waals surface area contributed by atoms with E-state index >= 15 is 0 Å². The predicted molar refractivity (Wildman–Crippen MR) is 70.4 cm³/mol. The minimum absolute atomic E-state index is 0.162. The lowest BCUT2D eigenvalue weighted by molar-refractivity contribution is 0.425. The lowest BCUT2D eigenvalue weighted by atomic mass is 10.0. The molecule has 0 amide bonds. The smallest absolute Gasteiger partial charge is 0.0994 e. The number of aromatic nitrogens is 2. The number of benzene rings is 1. The molecule has 0 fully saturated rings. The van der Waals surface area contributed by atoms with Gasteiger partial charge in [-0.25, -0.2) is 4.98 Å². The second kappa shape index (κ2) is 4.63. The molecule has 0 unspecified atom stereocenters. The summed E-state index contributed by atoms with van der Waals surface area (Å²) in [6.07, 6.45) is 3.64. The zero-order valence-corrected chi connectivity index (χ0v) is 10.8. The van der Waals surface area contributed by atoms with E-state index in [9.17, 15) is 0 Å². The van der Waals surface area contributed by atoms with Gasteiger partial charge in [0.1, 0.15) is 0 Å². The van der Waals surface area contributed by atoms with E-state index in [1.807, 2.05) is 42.1 Å². The zero-order chi connectivity index (χ0) is 13.2. The quantitative estimate of drug-likeness (QED) is 0.894. The Morgan fingerprint density at radius 2 is 1.94 bits per heavy atom. The Kier molecular flexibility index (Phi) is 3.17. The van der Waals surface area contributed by atoms with Crippen LogP contribution in [0.4, 0.5) is 0 Å². The molecule has 92 valence electrons. The van der Waals surface area contributed by atoms with Gasteiger partial charge in [0.2, 0.25) is 0 Å². The van der Waals surface area contributed by atoms with E-state index in [-0.39, 0.29) is 5.54 Å². The van der Waals surface area contributed by atoms with Crippen molar-refractivity contribution in [1.29, 1.82) is 5.26 Å². The van der Waals surface area contributed by atoms with Crippen molar-refractivity contribution in [3.05, 3.63) is 48.0 Å². The number of rotatable bonds is 3. The van der Waals surface area contributed by atoms with Crippen LogP contribution in [0.25, 0.3) is 5.69 Å². The van der Waals surface area contributed by atoms with Crippen molar-refractivity contribution < 1.29 is 0 Å². The van der Waals surface area contributed by atoms with E-state index in [0.29, 0.717) is 5.56 Å². The summed E-state index contributed by atoms with van der Waals surface area (Å²) in [4.78, 5) is 4.21. The molecule has 2 aromatic rings. The summed E-state index contributed by atoms with van der Waals surface area (Å²) in [5, 5.41) is 12.1. The number of imidazole rings is 1. The van der Waals surface area contributed by atoms with Crippen LogP contribution in [0.15, 0.2) is 36.8 Å². The summed E-state index contributed by atoms with van der Waals surface area (Å²) >= 11 is 0. The molecule has 0 bridgehead atoms. The van der Waals surface area contributed by atoms with Gasteiger partial charge >= 0.3 is 0 Å². The van der Waals surface area contributed by atoms with E-state index in [1.54, 1.807) is 6.33 Å². The molecule has 1 heterocycles. The van der Waals surface area contributed by atoms with E-state index in [0.717, 1.165) is 11.4 Å². The topological polar surface area (TPSA) is 53.6 Å². The molecular weight excluding hydrogens is 224 g/mol. The third-order valence-corrected chi connectivity index (χ3v) is 3.18. The molecule has 0 saturated carbocycles. The summed E-state index contributed by atoms with van der Waals surface area (Å²) < 4.78 is 2.03. The number of hydrogen-bond donors (Lipinski definition) is 1. The molecule has 1 aromatic heterocycles. The molecule has 18 heavy (non-hydrogen) atoms. The Hall–Kier alpha value is -2.12. The predicted octanol–water partition coefficient (Wildman–Crippen LogP) is 2.20. The van der Waals surface area contributed by atoms with E-state index < -0.39 is 0 Å². The first kappa shape index (κ1) is 12.3. The van der Waals surface area contributed by atoms with Crippen molar-refractivity contribution in [2.24, 2.45) is 0 Å². The fraction of sp³-hybridized carbons (Fsp3) is 0.286. The van der Waals surface area contributed by atoms with Crippen LogP contribution < -0.4 is 5.32 Å². The van der Waals surface area contributed by atoms with Crippen LogP contribution >= 0.6 is 0 Å². The Balaban J connectivity index is 2.46. The van der Waals surface area contributed by atoms with Gasteiger partial charge in [-0.1, -0.05) is 0 Å². The second-order valence-electron chi connectivity index (χ2n) is 4.68. The van der Waals surface area contributed by atoms with Crippen LogP contribution in [0, 0.1) is 11.3 Å². The van der Waals surface area contributed by atoms with Crippen molar-refractivity contribution in [3.8, 4) is 11.8 Å². The number of nitriles is 1. The van der Waals surface area contributed by atoms with Gasteiger partial charge in [-0.3, -0.25) is 0 Å². The third kappa shape index (κ3) is 2.13. The highest BCUT2D eigenvalue weighted by atomic mass is 15.1. The highest BCUT2D eigenvalue weighted by Gasteiger charge is 2.22. The molecule has 4 heteroatoms. The first-order valence-corrected chi connectivity index (χ1v) is 5.81. The summed E-state index contributed by atoms with van der Waals surface area (Å²) in [6, 6.07) is 9.59. The molecule has 0 atom stereocenters. The van der Waals surface area contributed by atoms with Crippen molar-refractivity contribution in [1.82, 2.24) is 14.9 Å². The molecule has 4 nitrogen and oxygen atoms in total. The van der Waals surface area contributed by atoms with Gasteiger partial charge < -0.3 is 9.88 Å². The molecule has 2 rings (SSSR count). The molecule has 0 aliphatic heterocycles. The van der Waals surface area contributed by atoms with Gasteiger partial charge in [-0.05, 0) is 45.2 Å². The Morgan fingerprint density at radius 3 is 2.50 bits per heavy atom. The Bertz CT molecular complexity index is 573. The third-order valence-electron chi connectivity index (χ3n) is 3.18. The first-order valence-electron chi connectivity index (χ1n) is 5.81. The maximum Gasteiger partial charge on any atom is 0.0994 e. The van der Waals surface area contributed by atoms with Gasteiger partial charge in [0.25, 0.3) is 0 Å². The summed E-state index contributed by atoms with van der Waals surface area (Å²) in [5.41, 5.74) is 2.58. The van der Waals surface area contributed by atoms with Crippen molar-refractivity contribution in [2.45, 2.75) is 19.4 Å². The molecular formula is C14H16N4. The van der Waals surface area contributed by atoms with Gasteiger partial charge in [0.15, 0.2) is 0 Å². The molecule has 0 spiro atoms. The molecule has 0 aliphatic rings. The van der Waals surface area contributed by atoms with Gasteiger partial charge in [0, 0.05) is 5.69 Å². The Labute approximate surface area is 107 Å². The van der Waals surface area contributed by atoms with Gasteiger partial charge in [0.05, 0.1) is 35.4 Å². The first-order chi connectivity index (χ1) is 8.58. The SMILES string of the molecule is CNC(C)(C)c1cncn1-c1ccc(C#N)cc1. The standard InChI is InChI=1S/C14H16N4/c1-14(2,16-3)13-9-17-10-18(13)12-6-4-11(8-15)5-7-12/h4-7,9-10,16H,1-3H3. The molecule has 1 N–H and O–H groups in total. The second-order valence-corrected chi connectivity index (χ2v) is 4.68. The lowest BCUT2D eigenvalue weighted by Gasteiger charge is -2.25. The lowest BCUT2D eigenvalue weighted by Crippen LogP contribution is -2.35. The van der Waals surface area contributed by atoms with Crippen molar-refractivity contribution in [3.63, 3.8) is 0 Å². The van der Waals surface area contributed by atoms with Gasteiger partial charge in [-0.15, -0.1) is 0 Å². The molecule has 0 radical (unpaired) electrons. The van der Waals surface area contributed by atoms with Crippen molar-refractivity contribution >= 4 is 0 Å². The van der Waals surface area contributed by atoms with Crippen LogP contribution in [0.5, 0.6) is 0 Å². The summed E-state index contributed by atoms with van der Waals surface area (Å²) in [6.45, 7) is 4.20. The van der Waals surface area contributed by atoms with Gasteiger partial charge in [-0.2, -0.15) is 5.26 Å². The highest BCUT2D eigenvalue weighted by molar-refractivity contribution is 5.41. The fourth-order valence-corrected chi connectivity index (χ4v) is 1.79. The average molecular weight is 240 g/mol. The van der Waals surface area contributed by atoms with Crippen LogP contribution in [0.1, 0.15) is 25.1 Å². The van der Waals surface area contributed by atoms with Crippen LogP contribution in [0.2, 0.25) is 0 Å². The number of nitrogens with zero attached hydrogens (tertiary/aromatic N) is 3. The number of hydrogen-bond acceptors (Lipinski definition) is 3. The monoisotopic (exact) mass is 240 g/mol. The summed E-state index contributed by atoms with van der Waals surface area (Å²) in [5.74, 6) is 0. The largest absolute Gasteiger partial charge is 0.310 e. The molecule has 0 aliphatic carbocycles. The normalized spacial score (nSPS) is 11.2. The zero-order valence-electron chi connectivity index (χ0n) is 10.8. The van der Waals surface area contributed by atoms with Crippen LogP contribution in [0.3, 0.4) is 0 Å². The van der Waals surface area contributed by atoms with Crippen molar-refractivity contribution in [2.75, 3.05) is 7.05 Å². The molecule has 1 aromatic carbocycles. The maximum atomic E-state index is 8.80. The number of nitrogens with one attached hydrogen (secondary N) is 1. The summed E-state index contributed by atoms with van der Waals surface area (Å²) in [7, 11) is 1.93. The highest BCUT2D eigenvalue weighted by Crippen LogP contribution is 2.22. The minimum Gasteiger partial charge on any atom is -0.310 e. The van der Waals surface area contributed by atoms with E-state index in [4.69, 9.17) is 5.26 Å².